The summed E-state index contributed by atoms with van der Waals surface area (Å²) in [7, 11) is 0. The molecule has 1 spiro atoms. The van der Waals surface area contributed by atoms with E-state index in [1.807, 2.05) is 18.3 Å². The minimum atomic E-state index is -0.540. The summed E-state index contributed by atoms with van der Waals surface area (Å²) >= 11 is 0. The lowest BCUT2D eigenvalue weighted by Crippen LogP contribution is -2.43. The summed E-state index contributed by atoms with van der Waals surface area (Å²) in [5.74, 6) is -0.129. The number of aromatic nitrogens is 3. The first-order valence-corrected chi connectivity index (χ1v) is 15.7. The van der Waals surface area contributed by atoms with E-state index >= 15 is 4.39 Å². The second-order valence-corrected chi connectivity index (χ2v) is 12.3. The number of H-pyrrole nitrogens is 1. The minimum absolute atomic E-state index is 0.155. The standard InChI is InChI=1S/C34H37FN6O3/c35-26-20-23(33(43)41-14-2-1-3-15-41)4-6-25(26)28-21-29(31-27(38-28)8-13-36-32(31)42)39-30-7-5-24(22-37-30)40-16-9-34(10-17-40)11-18-44-19-12-34/h4-8,13,20-22H,1-3,9-12,14-19H2,(H,36,42)(H,37,38,39). The van der Waals surface area contributed by atoms with Crippen LogP contribution in [0.5, 0.6) is 0 Å². The van der Waals surface area contributed by atoms with Gasteiger partial charge < -0.3 is 24.8 Å². The van der Waals surface area contributed by atoms with Crippen LogP contribution < -0.4 is 15.8 Å². The maximum absolute atomic E-state index is 15.5. The van der Waals surface area contributed by atoms with Crippen molar-refractivity contribution < 1.29 is 13.9 Å². The van der Waals surface area contributed by atoms with E-state index in [4.69, 9.17) is 4.74 Å². The smallest absolute Gasteiger partial charge is 0.259 e. The third kappa shape index (κ3) is 5.66. The number of ether oxygens (including phenoxy) is 1. The van der Waals surface area contributed by atoms with Gasteiger partial charge in [0, 0.05) is 56.7 Å². The number of rotatable bonds is 5. The Morgan fingerprint density at radius 1 is 0.955 bits per heavy atom. The molecule has 3 aliphatic heterocycles. The zero-order valence-electron chi connectivity index (χ0n) is 24.8. The van der Waals surface area contributed by atoms with Crippen LogP contribution in [-0.4, -0.2) is 65.2 Å². The van der Waals surface area contributed by atoms with E-state index in [2.05, 4.69) is 25.2 Å². The predicted octanol–water partition coefficient (Wildman–Crippen LogP) is 5.89. The molecule has 1 aromatic carbocycles. The van der Waals surface area contributed by atoms with Crippen LogP contribution >= 0.6 is 0 Å². The lowest BCUT2D eigenvalue weighted by Gasteiger charge is -2.44. The first-order chi connectivity index (χ1) is 21.5. The van der Waals surface area contributed by atoms with Crippen LogP contribution in [0.1, 0.15) is 55.3 Å². The number of carbonyl (C=O) groups is 1. The Balaban J connectivity index is 1.13. The van der Waals surface area contributed by atoms with Crippen molar-refractivity contribution in [2.24, 2.45) is 5.41 Å². The van der Waals surface area contributed by atoms with Gasteiger partial charge in [-0.25, -0.2) is 14.4 Å². The zero-order chi connectivity index (χ0) is 30.1. The molecule has 9 nitrogen and oxygen atoms in total. The largest absolute Gasteiger partial charge is 0.381 e. The molecule has 228 valence electrons. The van der Waals surface area contributed by atoms with Crippen molar-refractivity contribution in [2.45, 2.75) is 44.9 Å². The molecule has 0 atom stereocenters. The monoisotopic (exact) mass is 596 g/mol. The molecule has 0 radical (unpaired) electrons. The fourth-order valence-corrected chi connectivity index (χ4v) is 6.89. The molecule has 0 saturated carbocycles. The summed E-state index contributed by atoms with van der Waals surface area (Å²) in [5.41, 5.74) is 3.00. The number of piperidine rings is 2. The Labute approximate surface area is 255 Å². The van der Waals surface area contributed by atoms with Gasteiger partial charge >= 0.3 is 0 Å². The number of hydrogen-bond acceptors (Lipinski definition) is 7. The quantitative estimate of drug-likeness (QED) is 0.296. The van der Waals surface area contributed by atoms with E-state index in [1.54, 1.807) is 29.2 Å². The molecule has 3 aromatic heterocycles. The molecule has 2 N–H and O–H groups in total. The van der Waals surface area contributed by atoms with Crippen molar-refractivity contribution in [3.8, 4) is 11.3 Å². The molecule has 6 heterocycles. The van der Waals surface area contributed by atoms with E-state index in [0.29, 0.717) is 52.2 Å². The summed E-state index contributed by atoms with van der Waals surface area (Å²) in [6, 6.07) is 11.8. The Morgan fingerprint density at radius 2 is 1.75 bits per heavy atom. The first kappa shape index (κ1) is 28.5. The average Bonchev–Trinajstić information content (AvgIpc) is 3.06. The van der Waals surface area contributed by atoms with E-state index in [9.17, 15) is 9.59 Å². The van der Waals surface area contributed by atoms with E-state index in [1.165, 1.54) is 12.3 Å². The number of hydrogen-bond donors (Lipinski definition) is 2. The topological polar surface area (TPSA) is 103 Å². The number of halogens is 1. The number of anilines is 3. The van der Waals surface area contributed by atoms with Crippen LogP contribution in [0.3, 0.4) is 0 Å². The number of nitrogens with one attached hydrogen (secondary N) is 2. The zero-order valence-corrected chi connectivity index (χ0v) is 24.8. The summed E-state index contributed by atoms with van der Waals surface area (Å²) < 4.78 is 21.1. The Kier molecular flexibility index (Phi) is 7.76. The van der Waals surface area contributed by atoms with Crippen LogP contribution in [0.2, 0.25) is 0 Å². The van der Waals surface area contributed by atoms with Gasteiger partial charge in [-0.05, 0) is 92.8 Å². The van der Waals surface area contributed by atoms with E-state index in [-0.39, 0.29) is 17.0 Å². The first-order valence-electron chi connectivity index (χ1n) is 15.7. The Hall–Kier alpha value is -4.31. The van der Waals surface area contributed by atoms with Crippen molar-refractivity contribution in [1.29, 1.82) is 0 Å². The summed E-state index contributed by atoms with van der Waals surface area (Å²) in [6.07, 6.45) is 11.0. The van der Waals surface area contributed by atoms with Crippen molar-refractivity contribution in [3.63, 3.8) is 0 Å². The lowest BCUT2D eigenvalue weighted by atomic mass is 9.72. The second kappa shape index (κ2) is 12.0. The van der Waals surface area contributed by atoms with Gasteiger partial charge in [0.15, 0.2) is 0 Å². The number of aromatic amines is 1. The highest BCUT2D eigenvalue weighted by Gasteiger charge is 2.36. The van der Waals surface area contributed by atoms with Crippen molar-refractivity contribution >= 4 is 34.0 Å². The van der Waals surface area contributed by atoms with Gasteiger partial charge in [-0.15, -0.1) is 0 Å². The Morgan fingerprint density at radius 3 is 2.48 bits per heavy atom. The molecule has 4 aromatic rings. The van der Waals surface area contributed by atoms with E-state index < -0.39 is 5.82 Å². The highest BCUT2D eigenvalue weighted by atomic mass is 19.1. The van der Waals surface area contributed by atoms with Crippen LogP contribution in [0.4, 0.5) is 21.6 Å². The van der Waals surface area contributed by atoms with Gasteiger partial charge in [0.1, 0.15) is 11.6 Å². The van der Waals surface area contributed by atoms with Crippen molar-refractivity contribution in [2.75, 3.05) is 49.6 Å². The SMILES string of the molecule is O=C(c1ccc(-c2cc(Nc3ccc(N4CCC5(CCOCC5)CC4)cn3)c3c(=O)[nH]ccc3n2)c(F)c1)N1CCCCC1. The van der Waals surface area contributed by atoms with Crippen LogP contribution in [-0.2, 0) is 4.74 Å². The third-order valence-corrected chi connectivity index (χ3v) is 9.62. The van der Waals surface area contributed by atoms with Gasteiger partial charge in [0.05, 0.1) is 34.2 Å². The molecule has 3 aliphatic rings. The summed E-state index contributed by atoms with van der Waals surface area (Å²) in [6.45, 7) is 5.12. The maximum Gasteiger partial charge on any atom is 0.259 e. The van der Waals surface area contributed by atoms with Gasteiger partial charge in [0.25, 0.3) is 11.5 Å². The van der Waals surface area contributed by atoms with E-state index in [0.717, 1.165) is 76.9 Å². The van der Waals surface area contributed by atoms with Gasteiger partial charge in [0.2, 0.25) is 0 Å². The molecule has 0 unspecified atom stereocenters. The molecule has 10 heteroatoms. The molecular weight excluding hydrogens is 559 g/mol. The van der Waals surface area contributed by atoms with Gasteiger partial charge in [-0.2, -0.15) is 0 Å². The predicted molar refractivity (Wildman–Crippen MR) is 169 cm³/mol. The van der Waals surface area contributed by atoms with Crippen LogP contribution in [0, 0.1) is 11.2 Å². The average molecular weight is 597 g/mol. The van der Waals surface area contributed by atoms with Crippen LogP contribution in [0.25, 0.3) is 22.2 Å². The third-order valence-electron chi connectivity index (χ3n) is 9.62. The second-order valence-electron chi connectivity index (χ2n) is 12.3. The lowest BCUT2D eigenvalue weighted by molar-refractivity contribution is 0.00211. The maximum atomic E-state index is 15.5. The number of fused-ring (bicyclic) bond motifs is 1. The molecule has 44 heavy (non-hydrogen) atoms. The Bertz CT molecular complexity index is 1720. The van der Waals surface area contributed by atoms with Crippen molar-refractivity contribution in [3.05, 3.63) is 76.6 Å². The summed E-state index contributed by atoms with van der Waals surface area (Å²) in [4.78, 5) is 42.0. The molecule has 1 amide bonds. The minimum Gasteiger partial charge on any atom is -0.381 e. The number of carbonyl (C=O) groups excluding carboxylic acids is 1. The molecule has 3 saturated heterocycles. The fourth-order valence-electron chi connectivity index (χ4n) is 6.89. The highest BCUT2D eigenvalue weighted by molar-refractivity contribution is 5.96. The number of amides is 1. The molecular formula is C34H37FN6O3. The van der Waals surface area contributed by atoms with Gasteiger partial charge in [-0.1, -0.05) is 0 Å². The van der Waals surface area contributed by atoms with Crippen molar-refractivity contribution in [1.82, 2.24) is 19.9 Å². The number of pyridine rings is 3. The molecule has 7 rings (SSSR count). The van der Waals surface area contributed by atoms with Gasteiger partial charge in [-0.3, -0.25) is 9.59 Å². The molecule has 0 aliphatic carbocycles. The number of likely N-dealkylation sites (tertiary alicyclic amines) is 1. The normalized spacial score (nSPS) is 18.5. The highest BCUT2D eigenvalue weighted by Crippen LogP contribution is 2.41. The number of benzene rings is 1. The number of nitrogens with zero attached hydrogens (tertiary/aromatic N) is 4. The molecule has 3 fully saturated rings. The summed E-state index contributed by atoms with van der Waals surface area (Å²) in [5, 5.41) is 3.64. The van der Waals surface area contributed by atoms with Crippen LogP contribution in [0.15, 0.2) is 59.7 Å². The molecule has 0 bridgehead atoms. The fraction of sp³-hybridized carbons (Fsp3) is 0.412.